The van der Waals surface area contributed by atoms with E-state index in [-0.39, 0.29) is 0 Å². The number of benzene rings is 1. The van der Waals surface area contributed by atoms with E-state index in [0.717, 1.165) is 18.9 Å². The minimum absolute atomic E-state index is 0.521. The smallest absolute Gasteiger partial charge is 0.122 e. The normalized spacial score (nSPS) is 10.7. The van der Waals surface area contributed by atoms with Crippen LogP contribution in [0.2, 0.25) is 0 Å². The first-order valence-corrected chi connectivity index (χ1v) is 5.53. The second kappa shape index (κ2) is 5.76. The average Bonchev–Trinajstić information content (AvgIpc) is 2.14. The van der Waals surface area contributed by atoms with E-state index in [9.17, 15) is 0 Å². The Balaban J connectivity index is 2.37. The van der Waals surface area contributed by atoms with Gasteiger partial charge >= 0.3 is 0 Å². The van der Waals surface area contributed by atoms with Crippen molar-refractivity contribution in [2.24, 2.45) is 0 Å². The third-order valence-electron chi connectivity index (χ3n) is 2.24. The van der Waals surface area contributed by atoms with Crippen LogP contribution in [-0.4, -0.2) is 19.2 Å². The van der Waals surface area contributed by atoms with Crippen LogP contribution in [-0.2, 0) is 0 Å². The van der Waals surface area contributed by atoms with Crippen molar-refractivity contribution in [3.63, 3.8) is 0 Å². The summed E-state index contributed by atoms with van der Waals surface area (Å²) in [6, 6.07) is 6.79. The molecule has 0 atom stereocenters. The lowest BCUT2D eigenvalue weighted by Gasteiger charge is -2.11. The second-order valence-corrected chi connectivity index (χ2v) is 4.23. The molecule has 0 aliphatic rings. The van der Waals surface area contributed by atoms with Crippen molar-refractivity contribution in [1.29, 1.82) is 0 Å². The van der Waals surface area contributed by atoms with Crippen molar-refractivity contribution < 1.29 is 4.74 Å². The molecule has 0 heterocycles. The lowest BCUT2D eigenvalue weighted by atomic mass is 10.1. The number of aryl methyl sites for hydroxylation is 2. The fourth-order valence-corrected chi connectivity index (χ4v) is 1.47. The second-order valence-electron chi connectivity index (χ2n) is 4.23. The van der Waals surface area contributed by atoms with Crippen molar-refractivity contribution in [3.05, 3.63) is 29.3 Å². The Morgan fingerprint density at radius 2 is 2.00 bits per heavy atom. The molecule has 15 heavy (non-hydrogen) atoms. The molecule has 0 saturated carbocycles. The van der Waals surface area contributed by atoms with Crippen LogP contribution in [0.3, 0.4) is 0 Å². The maximum absolute atomic E-state index is 5.68. The van der Waals surface area contributed by atoms with Crippen molar-refractivity contribution in [2.45, 2.75) is 33.7 Å². The highest BCUT2D eigenvalue weighted by Crippen LogP contribution is 2.18. The molecule has 0 unspecified atom stereocenters. The van der Waals surface area contributed by atoms with Gasteiger partial charge in [-0.05, 0) is 25.5 Å². The van der Waals surface area contributed by atoms with Gasteiger partial charge in [0.2, 0.25) is 0 Å². The minimum Gasteiger partial charge on any atom is -0.492 e. The SMILES string of the molecule is Cc1ccc(OCCNC(C)C)c(C)c1. The summed E-state index contributed by atoms with van der Waals surface area (Å²) in [5, 5.41) is 3.32. The first-order chi connectivity index (χ1) is 7.09. The van der Waals surface area contributed by atoms with Crippen LogP contribution in [0.1, 0.15) is 25.0 Å². The standard InChI is InChI=1S/C13H21NO/c1-10(2)14-7-8-15-13-6-5-11(3)9-12(13)4/h5-6,9-10,14H,7-8H2,1-4H3. The van der Waals surface area contributed by atoms with E-state index >= 15 is 0 Å². The zero-order chi connectivity index (χ0) is 11.3. The summed E-state index contributed by atoms with van der Waals surface area (Å²) < 4.78 is 5.68. The molecule has 1 N–H and O–H groups in total. The van der Waals surface area contributed by atoms with Gasteiger partial charge < -0.3 is 10.1 Å². The molecule has 1 aromatic carbocycles. The van der Waals surface area contributed by atoms with Crippen LogP contribution in [0.5, 0.6) is 5.75 Å². The molecule has 0 aliphatic carbocycles. The van der Waals surface area contributed by atoms with Gasteiger partial charge in [0.25, 0.3) is 0 Å². The Kier molecular flexibility index (Phi) is 4.63. The maximum Gasteiger partial charge on any atom is 0.122 e. The molecular formula is C13H21NO. The average molecular weight is 207 g/mol. The van der Waals surface area contributed by atoms with Crippen LogP contribution in [0.15, 0.2) is 18.2 Å². The van der Waals surface area contributed by atoms with Gasteiger partial charge in [-0.15, -0.1) is 0 Å². The van der Waals surface area contributed by atoms with E-state index in [2.05, 4.69) is 45.1 Å². The van der Waals surface area contributed by atoms with Gasteiger partial charge in [-0.3, -0.25) is 0 Å². The third kappa shape index (κ3) is 4.34. The van der Waals surface area contributed by atoms with Gasteiger partial charge in [0, 0.05) is 12.6 Å². The lowest BCUT2D eigenvalue weighted by molar-refractivity contribution is 0.307. The van der Waals surface area contributed by atoms with Crippen LogP contribution in [0, 0.1) is 13.8 Å². The zero-order valence-electron chi connectivity index (χ0n) is 10.1. The summed E-state index contributed by atoms with van der Waals surface area (Å²) in [6.45, 7) is 10.1. The number of rotatable bonds is 5. The van der Waals surface area contributed by atoms with Crippen molar-refractivity contribution in [1.82, 2.24) is 5.32 Å². The van der Waals surface area contributed by atoms with Gasteiger partial charge in [0.05, 0.1) is 0 Å². The highest BCUT2D eigenvalue weighted by atomic mass is 16.5. The number of ether oxygens (including phenoxy) is 1. The Labute approximate surface area is 92.6 Å². The molecule has 0 aromatic heterocycles. The first kappa shape index (κ1) is 12.1. The van der Waals surface area contributed by atoms with Gasteiger partial charge in [-0.25, -0.2) is 0 Å². The largest absolute Gasteiger partial charge is 0.492 e. The topological polar surface area (TPSA) is 21.3 Å². The Bertz CT molecular complexity index is 307. The first-order valence-electron chi connectivity index (χ1n) is 5.53. The summed E-state index contributed by atoms with van der Waals surface area (Å²) in [7, 11) is 0. The Morgan fingerprint density at radius 1 is 1.27 bits per heavy atom. The molecular weight excluding hydrogens is 186 g/mol. The predicted molar refractivity (Wildman–Crippen MR) is 64.5 cm³/mol. The van der Waals surface area contributed by atoms with Gasteiger partial charge in [0.15, 0.2) is 0 Å². The van der Waals surface area contributed by atoms with E-state index in [1.165, 1.54) is 11.1 Å². The van der Waals surface area contributed by atoms with E-state index in [1.54, 1.807) is 0 Å². The minimum atomic E-state index is 0.521. The molecule has 0 bridgehead atoms. The molecule has 2 nitrogen and oxygen atoms in total. The number of nitrogens with one attached hydrogen (secondary N) is 1. The Hall–Kier alpha value is -1.02. The summed E-state index contributed by atoms with van der Waals surface area (Å²) in [4.78, 5) is 0. The molecule has 0 radical (unpaired) electrons. The van der Waals surface area contributed by atoms with Crippen LogP contribution in [0.25, 0.3) is 0 Å². The third-order valence-corrected chi connectivity index (χ3v) is 2.24. The quantitative estimate of drug-likeness (QED) is 0.749. The van der Waals surface area contributed by atoms with Crippen LogP contribution in [0.4, 0.5) is 0 Å². The molecule has 0 saturated heterocycles. The fourth-order valence-electron chi connectivity index (χ4n) is 1.47. The predicted octanol–water partition coefficient (Wildman–Crippen LogP) is 2.68. The van der Waals surface area contributed by atoms with Crippen molar-refractivity contribution >= 4 is 0 Å². The van der Waals surface area contributed by atoms with Gasteiger partial charge in [-0.1, -0.05) is 31.5 Å². The molecule has 2 heteroatoms. The molecule has 0 amide bonds. The highest BCUT2D eigenvalue weighted by molar-refractivity contribution is 5.35. The van der Waals surface area contributed by atoms with Gasteiger partial charge in [-0.2, -0.15) is 0 Å². The van der Waals surface area contributed by atoms with Crippen LogP contribution < -0.4 is 10.1 Å². The molecule has 0 fully saturated rings. The van der Waals surface area contributed by atoms with Crippen molar-refractivity contribution in [2.75, 3.05) is 13.2 Å². The van der Waals surface area contributed by atoms with Crippen LogP contribution >= 0.6 is 0 Å². The number of hydrogen-bond donors (Lipinski definition) is 1. The summed E-state index contributed by atoms with van der Waals surface area (Å²) in [6.07, 6.45) is 0. The fraction of sp³-hybridized carbons (Fsp3) is 0.538. The summed E-state index contributed by atoms with van der Waals surface area (Å²) in [5.74, 6) is 0.992. The summed E-state index contributed by atoms with van der Waals surface area (Å²) in [5.41, 5.74) is 2.49. The lowest BCUT2D eigenvalue weighted by Crippen LogP contribution is -2.27. The molecule has 0 aliphatic heterocycles. The molecule has 1 rings (SSSR count). The van der Waals surface area contributed by atoms with Gasteiger partial charge in [0.1, 0.15) is 12.4 Å². The molecule has 84 valence electrons. The maximum atomic E-state index is 5.68. The van der Waals surface area contributed by atoms with E-state index in [4.69, 9.17) is 4.74 Å². The van der Waals surface area contributed by atoms with E-state index in [0.29, 0.717) is 6.04 Å². The van der Waals surface area contributed by atoms with Crippen molar-refractivity contribution in [3.8, 4) is 5.75 Å². The zero-order valence-corrected chi connectivity index (χ0v) is 10.1. The highest BCUT2D eigenvalue weighted by Gasteiger charge is 1.99. The monoisotopic (exact) mass is 207 g/mol. The molecule has 0 spiro atoms. The summed E-state index contributed by atoms with van der Waals surface area (Å²) >= 11 is 0. The number of hydrogen-bond acceptors (Lipinski definition) is 2. The molecule has 1 aromatic rings. The van der Waals surface area contributed by atoms with E-state index < -0.39 is 0 Å². The van der Waals surface area contributed by atoms with E-state index in [1.807, 2.05) is 6.07 Å². The Morgan fingerprint density at radius 3 is 2.60 bits per heavy atom.